The van der Waals surface area contributed by atoms with Crippen molar-refractivity contribution in [2.24, 2.45) is 0 Å². The van der Waals surface area contributed by atoms with Crippen LogP contribution in [0, 0.1) is 0 Å². The molecule has 1 nitrogen and oxygen atoms in total. The van der Waals surface area contributed by atoms with E-state index in [1.54, 1.807) is 0 Å². The van der Waals surface area contributed by atoms with Gasteiger partial charge in [-0.05, 0) is 0 Å². The van der Waals surface area contributed by atoms with Crippen LogP contribution in [0.1, 0.15) is 0 Å². The van der Waals surface area contributed by atoms with Gasteiger partial charge in [0.2, 0.25) is 0 Å². The minimum atomic E-state index is 0. The van der Waals surface area contributed by atoms with Crippen molar-refractivity contribution in [3.63, 3.8) is 0 Å². The quantitative estimate of drug-likeness (QED) is 0.525. The molecule has 0 aromatic heterocycles. The van der Waals surface area contributed by atoms with E-state index in [2.05, 4.69) is 12.5 Å². The fraction of sp³-hybridized carbons (Fsp3) is 0. The standard InChI is InChI=1S/Cd.OS.Zn/c;1-2;. The minimum absolute atomic E-state index is 0. The molecule has 0 bridgehead atoms. The van der Waals surface area contributed by atoms with E-state index >= 15 is 0 Å². The molecule has 0 aromatic rings. The summed E-state index contributed by atoms with van der Waals surface area (Å²) in [5.74, 6) is 0. The molecule has 0 N–H and O–H groups in total. The SMILES string of the molecule is O=S.[Cd].[Zn]. The average molecular weight is 226 g/mol. The van der Waals surface area contributed by atoms with Gasteiger partial charge in [0.05, 0.1) is 0 Å². The summed E-state index contributed by atoms with van der Waals surface area (Å²) in [5.41, 5.74) is 0. The topological polar surface area (TPSA) is 17.1 Å². The van der Waals surface area contributed by atoms with Crippen LogP contribution in [0.2, 0.25) is 0 Å². The molecule has 0 rings (SSSR count). The summed E-state index contributed by atoms with van der Waals surface area (Å²) >= 11 is 2.83. The minimum Gasteiger partial charge on any atom is -0.197 e. The largest absolute Gasteiger partial charge is 0.197 e. The summed E-state index contributed by atoms with van der Waals surface area (Å²) in [5, 5.41) is 0. The van der Waals surface area contributed by atoms with Gasteiger partial charge >= 0.3 is 0 Å². The summed E-state index contributed by atoms with van der Waals surface area (Å²) in [7, 11) is 0. The summed E-state index contributed by atoms with van der Waals surface area (Å²) < 4.78 is 7.83. The first-order chi connectivity index (χ1) is 1.00. The Morgan fingerprint density at radius 1 is 1.25 bits per heavy atom. The Morgan fingerprint density at radius 3 is 1.25 bits per heavy atom. The van der Waals surface area contributed by atoms with E-state index < -0.39 is 0 Å². The maximum atomic E-state index is 7.83. The zero-order valence-electron chi connectivity index (χ0n) is 2.23. The molecule has 0 fully saturated rings. The van der Waals surface area contributed by atoms with Gasteiger partial charge in [-0.1, -0.05) is 0 Å². The Labute approximate surface area is 63.0 Å². The molecule has 0 aromatic carbocycles. The predicted octanol–water partition coefficient (Wildman–Crippen LogP) is -0.341. The van der Waals surface area contributed by atoms with Crippen molar-refractivity contribution in [3.8, 4) is 0 Å². The second-order valence-electron chi connectivity index (χ2n) is 0. The van der Waals surface area contributed by atoms with Crippen molar-refractivity contribution in [1.82, 2.24) is 0 Å². The van der Waals surface area contributed by atoms with Gasteiger partial charge in [-0.25, -0.2) is 0 Å². The first-order valence-corrected chi connectivity index (χ1v) is 0.500. The normalized spacial score (nSPS) is 1.00. The van der Waals surface area contributed by atoms with Crippen LogP contribution in [-0.2, 0) is 59.3 Å². The van der Waals surface area contributed by atoms with Crippen LogP contribution in [0.25, 0.3) is 0 Å². The molecule has 4 heavy (non-hydrogen) atoms. The molecular weight excluding hydrogens is 226 g/mol. The summed E-state index contributed by atoms with van der Waals surface area (Å²) in [6.45, 7) is 0. The van der Waals surface area contributed by atoms with Gasteiger partial charge in [0, 0.05) is 46.8 Å². The molecule has 0 atom stereocenters. The smallest absolute Gasteiger partial charge is 0.197 e. The number of hydrogen-bond donors (Lipinski definition) is 0. The van der Waals surface area contributed by atoms with Crippen LogP contribution < -0.4 is 0 Å². The van der Waals surface area contributed by atoms with Crippen molar-refractivity contribution in [1.29, 1.82) is 0 Å². The van der Waals surface area contributed by atoms with Crippen molar-refractivity contribution >= 4 is 12.5 Å². The van der Waals surface area contributed by atoms with Gasteiger partial charge in [-0.3, -0.25) is 0 Å². The first-order valence-electron chi connectivity index (χ1n) is 0.167. The molecule has 16 valence electrons. The third-order valence-corrected chi connectivity index (χ3v) is 0. The molecule has 0 aliphatic rings. The zero-order valence-corrected chi connectivity index (χ0v) is 10.1. The Hall–Kier alpha value is 1.57. The van der Waals surface area contributed by atoms with Crippen LogP contribution in [0.15, 0.2) is 0 Å². The van der Waals surface area contributed by atoms with Gasteiger partial charge < -0.3 is 0 Å². The van der Waals surface area contributed by atoms with E-state index in [0.29, 0.717) is 0 Å². The Balaban J connectivity index is -0.00000000500. The van der Waals surface area contributed by atoms with Crippen LogP contribution in [0.3, 0.4) is 0 Å². The number of hydrogen-bond acceptors (Lipinski definition) is 2. The van der Waals surface area contributed by atoms with E-state index in [4.69, 9.17) is 4.21 Å². The predicted molar refractivity (Wildman–Crippen MR) is 8.14 cm³/mol. The van der Waals surface area contributed by atoms with Crippen LogP contribution in [0.4, 0.5) is 0 Å². The van der Waals surface area contributed by atoms with Gasteiger partial charge in [0.1, 0.15) is 0 Å². The van der Waals surface area contributed by atoms with E-state index in [0.717, 1.165) is 0 Å². The Morgan fingerprint density at radius 2 is 1.25 bits per heavy atom. The molecule has 0 heterocycles. The summed E-state index contributed by atoms with van der Waals surface area (Å²) in [6, 6.07) is 0. The van der Waals surface area contributed by atoms with Crippen molar-refractivity contribution in [2.75, 3.05) is 0 Å². The second kappa shape index (κ2) is 23.7. The van der Waals surface area contributed by atoms with E-state index in [9.17, 15) is 0 Å². The maximum Gasteiger partial charge on any atom is 0.197 e. The molecule has 0 radical (unpaired) electrons. The average Bonchev–Trinajstić information content (AvgIpc) is 1.00. The molecule has 0 unspecified atom stereocenters. The van der Waals surface area contributed by atoms with Crippen LogP contribution in [0.5, 0.6) is 0 Å². The van der Waals surface area contributed by atoms with E-state index in [-0.39, 0.29) is 46.8 Å². The van der Waals surface area contributed by atoms with Crippen LogP contribution >= 0.6 is 0 Å². The van der Waals surface area contributed by atoms with Gasteiger partial charge in [0.25, 0.3) is 0 Å². The second-order valence-corrected chi connectivity index (χ2v) is 0. The van der Waals surface area contributed by atoms with Crippen molar-refractivity contribution < 1.29 is 51.0 Å². The van der Waals surface area contributed by atoms with Crippen molar-refractivity contribution in [3.05, 3.63) is 0 Å². The molecule has 4 heteroatoms. The van der Waals surface area contributed by atoms with Gasteiger partial charge in [-0.2, -0.15) is 4.21 Å². The third-order valence-electron chi connectivity index (χ3n) is 0. The third kappa shape index (κ3) is 9.58. The van der Waals surface area contributed by atoms with Gasteiger partial charge in [-0.15, -0.1) is 0 Å². The Bertz CT molecular complexity index is 8.00. The molecule has 0 aliphatic carbocycles. The first kappa shape index (κ1) is 17.6. The summed E-state index contributed by atoms with van der Waals surface area (Å²) in [6.07, 6.45) is 0. The monoisotopic (exact) mass is 226 g/mol. The van der Waals surface area contributed by atoms with Gasteiger partial charge in [0.15, 0.2) is 12.5 Å². The molecule has 0 spiro atoms. The molecule has 0 saturated heterocycles. The van der Waals surface area contributed by atoms with Crippen LogP contribution in [-0.4, -0.2) is 4.21 Å². The maximum absolute atomic E-state index is 7.83. The fourth-order valence-corrected chi connectivity index (χ4v) is 0. The zero-order chi connectivity index (χ0) is 2.00. The Kier molecular flexibility index (Phi) is 104. The fourth-order valence-electron chi connectivity index (χ4n) is 0. The molecule has 0 amide bonds. The van der Waals surface area contributed by atoms with E-state index in [1.807, 2.05) is 0 Å². The van der Waals surface area contributed by atoms with Crippen molar-refractivity contribution in [2.45, 2.75) is 0 Å². The molecule has 0 aliphatic heterocycles. The molecule has 0 saturated carbocycles. The summed E-state index contributed by atoms with van der Waals surface area (Å²) in [4.78, 5) is 0. The number of rotatable bonds is 0. The molecular formula is CdOSZn. The van der Waals surface area contributed by atoms with E-state index in [1.165, 1.54) is 0 Å².